The van der Waals surface area contributed by atoms with E-state index >= 15 is 0 Å². The Bertz CT molecular complexity index is 908. The lowest BCUT2D eigenvalue weighted by Gasteiger charge is -2.30. The Morgan fingerprint density at radius 3 is 2.26 bits per heavy atom. The number of benzene rings is 2. The van der Waals surface area contributed by atoms with Crippen molar-refractivity contribution in [3.05, 3.63) is 59.7 Å². The smallest absolute Gasteiger partial charge is 0.245 e. The third kappa shape index (κ3) is 3.70. The Hall–Kier alpha value is -2.38. The van der Waals surface area contributed by atoms with Gasteiger partial charge in [0.05, 0.1) is 12.0 Å². The summed E-state index contributed by atoms with van der Waals surface area (Å²) in [6, 6.07) is 13.9. The van der Waals surface area contributed by atoms with E-state index in [-0.39, 0.29) is 17.3 Å². The average Bonchev–Trinajstić information content (AvgIpc) is 3.13. The molecule has 0 aliphatic carbocycles. The van der Waals surface area contributed by atoms with Crippen molar-refractivity contribution in [2.75, 3.05) is 20.2 Å². The van der Waals surface area contributed by atoms with Crippen LogP contribution in [-0.2, 0) is 14.8 Å². The number of hydrogen-bond acceptors (Lipinski definition) is 4. The van der Waals surface area contributed by atoms with Crippen LogP contribution in [0.2, 0.25) is 0 Å². The predicted octanol–water partition coefficient (Wildman–Crippen LogP) is 2.95. The quantitative estimate of drug-likeness (QED) is 0.790. The molecule has 0 spiro atoms. The molecule has 0 aromatic heterocycles. The van der Waals surface area contributed by atoms with Crippen LogP contribution >= 0.6 is 0 Å². The Morgan fingerprint density at radius 2 is 1.70 bits per heavy atom. The second kappa shape index (κ2) is 7.70. The van der Waals surface area contributed by atoms with Gasteiger partial charge in [0.25, 0.3) is 0 Å². The molecular weight excluding hydrogens is 364 g/mol. The minimum absolute atomic E-state index is 0.0718. The molecule has 7 heteroatoms. The largest absolute Gasteiger partial charge is 0.497 e. The van der Waals surface area contributed by atoms with Crippen molar-refractivity contribution in [3.8, 4) is 5.75 Å². The third-order valence-corrected chi connectivity index (χ3v) is 6.66. The number of sulfonamides is 1. The highest BCUT2D eigenvalue weighted by Gasteiger charge is 2.42. The number of rotatable bonds is 5. The normalized spacial score (nSPS) is 17.9. The van der Waals surface area contributed by atoms with Crippen LogP contribution in [0.1, 0.15) is 30.6 Å². The fourth-order valence-corrected chi connectivity index (χ4v) is 4.86. The molecule has 1 amide bonds. The predicted molar refractivity (Wildman–Crippen MR) is 103 cm³/mol. The molecule has 1 saturated heterocycles. The molecule has 6 nitrogen and oxygen atoms in total. The summed E-state index contributed by atoms with van der Waals surface area (Å²) < 4.78 is 33.1. The Balaban J connectivity index is 2.04. The van der Waals surface area contributed by atoms with Gasteiger partial charge in [0, 0.05) is 19.5 Å². The van der Waals surface area contributed by atoms with E-state index in [0.717, 1.165) is 11.1 Å². The monoisotopic (exact) mass is 388 g/mol. The molecule has 3 rings (SSSR count). The van der Waals surface area contributed by atoms with Gasteiger partial charge in [-0.1, -0.05) is 36.8 Å². The molecule has 0 N–H and O–H groups in total. The van der Waals surface area contributed by atoms with Gasteiger partial charge in [-0.2, -0.15) is 4.31 Å². The highest BCUT2D eigenvalue weighted by atomic mass is 32.2. The van der Waals surface area contributed by atoms with Crippen molar-refractivity contribution < 1.29 is 17.9 Å². The molecule has 0 radical (unpaired) electrons. The van der Waals surface area contributed by atoms with E-state index < -0.39 is 16.2 Å². The number of carbonyl (C=O) groups is 1. The van der Waals surface area contributed by atoms with Crippen molar-refractivity contribution in [2.24, 2.45) is 0 Å². The SMILES string of the molecule is CCC(=O)N1CCN(S(=O)(=O)c2ccc(C)cc2)C1c1ccc(OC)cc1. The maximum Gasteiger partial charge on any atom is 0.245 e. The second-order valence-corrected chi connectivity index (χ2v) is 8.41. The van der Waals surface area contributed by atoms with Crippen molar-refractivity contribution in [3.63, 3.8) is 0 Å². The third-order valence-electron chi connectivity index (χ3n) is 4.79. The van der Waals surface area contributed by atoms with Crippen LogP contribution in [0, 0.1) is 6.92 Å². The lowest BCUT2D eigenvalue weighted by Crippen LogP contribution is -2.37. The number of amides is 1. The molecular formula is C20H24N2O4S. The summed E-state index contributed by atoms with van der Waals surface area (Å²) in [6.07, 6.45) is -0.333. The van der Waals surface area contributed by atoms with Gasteiger partial charge in [-0.15, -0.1) is 0 Å². The molecule has 0 saturated carbocycles. The van der Waals surface area contributed by atoms with Gasteiger partial charge in [-0.25, -0.2) is 8.42 Å². The Kier molecular flexibility index (Phi) is 5.53. The van der Waals surface area contributed by atoms with Crippen LogP contribution in [0.25, 0.3) is 0 Å². The second-order valence-electron chi connectivity index (χ2n) is 6.52. The molecule has 1 aliphatic rings. The van der Waals surface area contributed by atoms with E-state index in [9.17, 15) is 13.2 Å². The first-order valence-electron chi connectivity index (χ1n) is 8.90. The molecule has 1 heterocycles. The van der Waals surface area contributed by atoms with Crippen LogP contribution < -0.4 is 4.74 Å². The Morgan fingerprint density at radius 1 is 1.07 bits per heavy atom. The number of aryl methyl sites for hydroxylation is 1. The number of carbonyl (C=O) groups excluding carboxylic acids is 1. The minimum atomic E-state index is -3.73. The van der Waals surface area contributed by atoms with E-state index in [1.807, 2.05) is 19.1 Å². The number of nitrogens with zero attached hydrogens (tertiary/aromatic N) is 2. The van der Waals surface area contributed by atoms with Crippen LogP contribution in [0.15, 0.2) is 53.4 Å². The van der Waals surface area contributed by atoms with Gasteiger partial charge >= 0.3 is 0 Å². The van der Waals surface area contributed by atoms with Crippen molar-refractivity contribution in [2.45, 2.75) is 31.3 Å². The number of methoxy groups -OCH3 is 1. The van der Waals surface area contributed by atoms with Gasteiger partial charge in [0.1, 0.15) is 11.9 Å². The molecule has 27 heavy (non-hydrogen) atoms. The van der Waals surface area contributed by atoms with Gasteiger partial charge in [-0.3, -0.25) is 4.79 Å². The van der Waals surface area contributed by atoms with Crippen molar-refractivity contribution in [1.29, 1.82) is 0 Å². The van der Waals surface area contributed by atoms with Crippen LogP contribution in [0.4, 0.5) is 0 Å². The number of hydrogen-bond donors (Lipinski definition) is 0. The zero-order valence-electron chi connectivity index (χ0n) is 15.8. The fraction of sp³-hybridized carbons (Fsp3) is 0.350. The lowest BCUT2D eigenvalue weighted by atomic mass is 10.1. The molecule has 144 valence electrons. The average molecular weight is 388 g/mol. The van der Waals surface area contributed by atoms with Crippen LogP contribution in [-0.4, -0.2) is 43.7 Å². The first-order chi connectivity index (χ1) is 12.9. The van der Waals surface area contributed by atoms with Gasteiger partial charge in [0.2, 0.25) is 15.9 Å². The zero-order chi connectivity index (χ0) is 19.6. The highest BCUT2D eigenvalue weighted by molar-refractivity contribution is 7.89. The maximum absolute atomic E-state index is 13.3. The lowest BCUT2D eigenvalue weighted by molar-refractivity contribution is -0.132. The van der Waals surface area contributed by atoms with E-state index in [1.165, 1.54) is 4.31 Å². The van der Waals surface area contributed by atoms with Crippen LogP contribution in [0.3, 0.4) is 0 Å². The Labute approximate surface area is 160 Å². The van der Waals surface area contributed by atoms with Crippen molar-refractivity contribution >= 4 is 15.9 Å². The summed E-state index contributed by atoms with van der Waals surface area (Å²) in [4.78, 5) is 14.3. The minimum Gasteiger partial charge on any atom is -0.497 e. The van der Waals surface area contributed by atoms with Crippen molar-refractivity contribution in [1.82, 2.24) is 9.21 Å². The molecule has 1 unspecified atom stereocenters. The van der Waals surface area contributed by atoms with E-state index in [4.69, 9.17) is 4.74 Å². The highest BCUT2D eigenvalue weighted by Crippen LogP contribution is 2.36. The molecule has 2 aromatic rings. The van der Waals surface area contributed by atoms with Crippen LogP contribution in [0.5, 0.6) is 5.75 Å². The van der Waals surface area contributed by atoms with Gasteiger partial charge < -0.3 is 9.64 Å². The summed E-state index contributed by atoms with van der Waals surface area (Å²) in [7, 11) is -2.16. The topological polar surface area (TPSA) is 66.9 Å². The zero-order valence-corrected chi connectivity index (χ0v) is 16.6. The summed E-state index contributed by atoms with van der Waals surface area (Å²) in [6.45, 7) is 4.33. The van der Waals surface area contributed by atoms with E-state index in [2.05, 4.69) is 0 Å². The molecule has 1 atom stereocenters. The van der Waals surface area contributed by atoms with Gasteiger partial charge in [-0.05, 0) is 36.8 Å². The summed E-state index contributed by atoms with van der Waals surface area (Å²) in [5, 5.41) is 0. The molecule has 1 aliphatic heterocycles. The summed E-state index contributed by atoms with van der Waals surface area (Å²) >= 11 is 0. The van der Waals surface area contributed by atoms with E-state index in [1.54, 1.807) is 55.3 Å². The van der Waals surface area contributed by atoms with Gasteiger partial charge in [0.15, 0.2) is 0 Å². The molecule has 0 bridgehead atoms. The standard InChI is InChI=1S/C20H24N2O4S/c1-4-19(23)21-13-14-22(20(21)16-7-9-17(26-3)10-8-16)27(24,25)18-11-5-15(2)6-12-18/h5-12,20H,4,13-14H2,1-3H3. The maximum atomic E-state index is 13.3. The fourth-order valence-electron chi connectivity index (χ4n) is 3.29. The first-order valence-corrected chi connectivity index (χ1v) is 10.3. The molecule has 2 aromatic carbocycles. The summed E-state index contributed by atoms with van der Waals surface area (Å²) in [5.41, 5.74) is 1.73. The van der Waals surface area contributed by atoms with E-state index in [0.29, 0.717) is 18.7 Å². The summed E-state index contributed by atoms with van der Waals surface area (Å²) in [5.74, 6) is 0.607. The first kappa shape index (κ1) is 19.4. The number of ether oxygens (including phenoxy) is 1. The molecule has 1 fully saturated rings.